The molecule has 1 aromatic carbocycles. The maximum absolute atomic E-state index is 11.2. The summed E-state index contributed by atoms with van der Waals surface area (Å²) in [6, 6.07) is 4.55. The smallest absolute Gasteiger partial charge is 0.251 e. The van der Waals surface area contributed by atoms with Crippen LogP contribution in [-0.4, -0.2) is 20.6 Å². The van der Waals surface area contributed by atoms with E-state index in [0.717, 1.165) is 11.8 Å². The first kappa shape index (κ1) is 9.21. The zero-order valence-electron chi connectivity index (χ0n) is 7.57. The average molecular weight is 211 g/mol. The largest absolute Gasteiger partial charge is 0.348 e. The molecule has 1 amide bonds. The number of benzene rings is 1. The highest BCUT2D eigenvalue weighted by Gasteiger charge is 2.20. The van der Waals surface area contributed by atoms with Gasteiger partial charge in [-0.1, -0.05) is 0 Å². The molecule has 14 heavy (non-hydrogen) atoms. The van der Waals surface area contributed by atoms with E-state index in [4.69, 9.17) is 0 Å². The molecule has 74 valence electrons. The van der Waals surface area contributed by atoms with Crippen LogP contribution in [0.2, 0.25) is 0 Å². The molecule has 1 aliphatic heterocycles. The van der Waals surface area contributed by atoms with Crippen molar-refractivity contribution < 1.29 is 13.2 Å². The number of fused-ring (bicyclic) bond motifs is 1. The van der Waals surface area contributed by atoms with Crippen molar-refractivity contribution >= 4 is 15.7 Å². The standard InChI is InChI=1S/C9H9NO3S/c1-14(12,13)7-2-3-8-6(4-7)5-10-9(8)11/h2-4H,5H2,1H3,(H,10,11). The normalized spacial score (nSPS) is 15.1. The number of carbonyl (C=O) groups excluding carboxylic acids is 1. The number of hydrogen-bond acceptors (Lipinski definition) is 3. The third-order valence-electron chi connectivity index (χ3n) is 2.19. The average Bonchev–Trinajstić information content (AvgIpc) is 2.46. The maximum Gasteiger partial charge on any atom is 0.251 e. The molecule has 1 aliphatic rings. The minimum absolute atomic E-state index is 0.139. The second kappa shape index (κ2) is 2.81. The highest BCUT2D eigenvalue weighted by molar-refractivity contribution is 7.90. The van der Waals surface area contributed by atoms with Crippen LogP contribution in [0.15, 0.2) is 23.1 Å². The number of hydrogen-bond donors (Lipinski definition) is 1. The van der Waals surface area contributed by atoms with Gasteiger partial charge in [-0.15, -0.1) is 0 Å². The van der Waals surface area contributed by atoms with Crippen molar-refractivity contribution in [2.24, 2.45) is 0 Å². The van der Waals surface area contributed by atoms with Gasteiger partial charge in [-0.3, -0.25) is 4.79 Å². The summed E-state index contributed by atoms with van der Waals surface area (Å²) in [7, 11) is -3.18. The summed E-state index contributed by atoms with van der Waals surface area (Å²) < 4.78 is 22.4. The zero-order chi connectivity index (χ0) is 10.3. The first-order valence-electron chi connectivity index (χ1n) is 4.09. The van der Waals surface area contributed by atoms with Gasteiger partial charge < -0.3 is 5.32 Å². The van der Waals surface area contributed by atoms with Gasteiger partial charge in [0.15, 0.2) is 9.84 Å². The van der Waals surface area contributed by atoms with Crippen LogP contribution in [0.4, 0.5) is 0 Å². The predicted molar refractivity (Wildman–Crippen MR) is 50.7 cm³/mol. The van der Waals surface area contributed by atoms with Crippen molar-refractivity contribution in [2.45, 2.75) is 11.4 Å². The number of amides is 1. The lowest BCUT2D eigenvalue weighted by Gasteiger charge is -2.00. The van der Waals surface area contributed by atoms with E-state index in [1.807, 2.05) is 0 Å². The lowest BCUT2D eigenvalue weighted by molar-refractivity contribution is 0.0965. The van der Waals surface area contributed by atoms with E-state index in [1.165, 1.54) is 6.07 Å². The molecule has 1 heterocycles. The monoisotopic (exact) mass is 211 g/mol. The highest BCUT2D eigenvalue weighted by atomic mass is 32.2. The molecule has 0 saturated heterocycles. The molecule has 5 heteroatoms. The van der Waals surface area contributed by atoms with E-state index >= 15 is 0 Å². The fraction of sp³-hybridized carbons (Fsp3) is 0.222. The third-order valence-corrected chi connectivity index (χ3v) is 3.30. The second-order valence-corrected chi connectivity index (χ2v) is 5.29. The van der Waals surface area contributed by atoms with Gasteiger partial charge >= 0.3 is 0 Å². The summed E-state index contributed by atoms with van der Waals surface area (Å²) in [6.45, 7) is 0.414. The molecule has 0 saturated carbocycles. The van der Waals surface area contributed by atoms with Crippen LogP contribution >= 0.6 is 0 Å². The van der Waals surface area contributed by atoms with Crippen LogP contribution in [0, 0.1) is 0 Å². The van der Waals surface area contributed by atoms with Crippen molar-refractivity contribution in [3.8, 4) is 0 Å². The molecule has 0 unspecified atom stereocenters. The minimum Gasteiger partial charge on any atom is -0.348 e. The topological polar surface area (TPSA) is 63.2 Å². The molecule has 2 rings (SSSR count). The molecule has 4 nitrogen and oxygen atoms in total. The van der Waals surface area contributed by atoms with Crippen LogP contribution in [0.3, 0.4) is 0 Å². The van der Waals surface area contributed by atoms with Gasteiger partial charge in [0.25, 0.3) is 5.91 Å². The molecule has 0 fully saturated rings. The third kappa shape index (κ3) is 1.39. The Balaban J connectivity index is 2.58. The minimum atomic E-state index is -3.18. The van der Waals surface area contributed by atoms with Crippen molar-refractivity contribution in [3.63, 3.8) is 0 Å². The molecular formula is C9H9NO3S. The molecular weight excluding hydrogens is 202 g/mol. The Hall–Kier alpha value is -1.36. The lowest BCUT2D eigenvalue weighted by atomic mass is 10.1. The van der Waals surface area contributed by atoms with Crippen molar-refractivity contribution in [1.29, 1.82) is 0 Å². The molecule has 0 spiro atoms. The predicted octanol–water partition coefficient (Wildman–Crippen LogP) is 0.334. The van der Waals surface area contributed by atoms with Gasteiger partial charge in [0.2, 0.25) is 0 Å². The summed E-state index contributed by atoms with van der Waals surface area (Å²) in [6.07, 6.45) is 1.15. The summed E-state index contributed by atoms with van der Waals surface area (Å²) in [4.78, 5) is 11.4. The quantitative estimate of drug-likeness (QED) is 0.728. The summed E-state index contributed by atoms with van der Waals surface area (Å²) >= 11 is 0. The molecule has 1 aromatic rings. The highest BCUT2D eigenvalue weighted by Crippen LogP contribution is 2.19. The first-order valence-corrected chi connectivity index (χ1v) is 5.99. The first-order chi connectivity index (χ1) is 6.48. The number of nitrogens with one attached hydrogen (secondary N) is 1. The Morgan fingerprint density at radius 1 is 1.36 bits per heavy atom. The Kier molecular flexibility index (Phi) is 1.85. The Labute approximate surface area is 81.9 Å². The summed E-state index contributed by atoms with van der Waals surface area (Å²) in [5, 5.41) is 2.63. The van der Waals surface area contributed by atoms with Gasteiger partial charge in [-0.2, -0.15) is 0 Å². The van der Waals surface area contributed by atoms with E-state index < -0.39 is 9.84 Å². The van der Waals surface area contributed by atoms with Crippen molar-refractivity contribution in [1.82, 2.24) is 5.32 Å². The SMILES string of the molecule is CS(=O)(=O)c1ccc2c(c1)CNC2=O. The van der Waals surface area contributed by atoms with Crippen LogP contribution in [0.1, 0.15) is 15.9 Å². The Morgan fingerprint density at radius 3 is 2.71 bits per heavy atom. The molecule has 0 aliphatic carbocycles. The molecule has 0 bridgehead atoms. The second-order valence-electron chi connectivity index (χ2n) is 3.27. The van der Waals surface area contributed by atoms with Crippen LogP contribution in [0.5, 0.6) is 0 Å². The van der Waals surface area contributed by atoms with E-state index in [1.54, 1.807) is 12.1 Å². The van der Waals surface area contributed by atoms with Crippen LogP contribution in [-0.2, 0) is 16.4 Å². The van der Waals surface area contributed by atoms with Gasteiger partial charge in [-0.25, -0.2) is 8.42 Å². The fourth-order valence-corrected chi connectivity index (χ4v) is 2.11. The van der Waals surface area contributed by atoms with Crippen LogP contribution in [0.25, 0.3) is 0 Å². The van der Waals surface area contributed by atoms with Gasteiger partial charge in [0.05, 0.1) is 4.90 Å². The number of rotatable bonds is 1. The van der Waals surface area contributed by atoms with Gasteiger partial charge in [0, 0.05) is 18.4 Å². The van der Waals surface area contributed by atoms with E-state index in [2.05, 4.69) is 5.32 Å². The molecule has 0 aromatic heterocycles. The number of carbonyl (C=O) groups is 1. The van der Waals surface area contributed by atoms with E-state index in [0.29, 0.717) is 12.1 Å². The molecule has 1 N–H and O–H groups in total. The lowest BCUT2D eigenvalue weighted by Crippen LogP contribution is -2.12. The fourth-order valence-electron chi connectivity index (χ4n) is 1.44. The summed E-state index contributed by atoms with van der Waals surface area (Å²) in [5.74, 6) is -0.139. The molecule has 0 radical (unpaired) electrons. The van der Waals surface area contributed by atoms with Gasteiger partial charge in [0.1, 0.15) is 0 Å². The Bertz CT molecular complexity index is 505. The van der Waals surface area contributed by atoms with Crippen molar-refractivity contribution in [2.75, 3.05) is 6.26 Å². The van der Waals surface area contributed by atoms with E-state index in [-0.39, 0.29) is 10.8 Å². The Morgan fingerprint density at radius 2 is 2.07 bits per heavy atom. The van der Waals surface area contributed by atoms with Gasteiger partial charge in [-0.05, 0) is 23.8 Å². The molecule has 0 atom stereocenters. The summed E-state index contributed by atoms with van der Waals surface area (Å²) in [5.41, 5.74) is 1.32. The van der Waals surface area contributed by atoms with Crippen LogP contribution < -0.4 is 5.32 Å². The van der Waals surface area contributed by atoms with Crippen molar-refractivity contribution in [3.05, 3.63) is 29.3 Å². The maximum atomic E-state index is 11.2. The van der Waals surface area contributed by atoms with E-state index in [9.17, 15) is 13.2 Å². The zero-order valence-corrected chi connectivity index (χ0v) is 8.39. The number of sulfone groups is 1.